The molecule has 0 fully saturated rings. The molecule has 0 radical (unpaired) electrons. The van der Waals surface area contributed by atoms with Crippen LogP contribution in [-0.4, -0.2) is 47.4 Å². The number of benzene rings is 1. The quantitative estimate of drug-likeness (QED) is 0.582. The smallest absolute Gasteiger partial charge is 0.420 e. The minimum atomic E-state index is -1.22. The van der Waals surface area contributed by atoms with Crippen LogP contribution in [-0.2, 0) is 25.4 Å². The second-order valence-electron chi connectivity index (χ2n) is 8.06. The molecular weight excluding hydrogens is 350 g/mol. The number of nitrogens with zero attached hydrogens (tertiary/aromatic N) is 1. The van der Waals surface area contributed by atoms with Gasteiger partial charge < -0.3 is 14.2 Å². The lowest BCUT2D eigenvalue weighted by Gasteiger charge is -2.32. The normalized spacial score (nSPS) is 12.7. The second-order valence-corrected chi connectivity index (χ2v) is 8.06. The maximum atomic E-state index is 12.7. The van der Waals surface area contributed by atoms with Gasteiger partial charge >= 0.3 is 18.2 Å². The highest BCUT2D eigenvalue weighted by molar-refractivity contribution is 5.94. The second kappa shape index (κ2) is 8.88. The Balaban J connectivity index is 3.29. The van der Waals surface area contributed by atoms with Crippen LogP contribution in [0.25, 0.3) is 0 Å². The standard InChI is InChI=1S/C20H29NO6/c1-19(2,3)26-17(23)21(18(24)27-20(4,5)6)15(16(22)25-7)13-14-11-9-8-10-12-14/h8-12,15H,13H2,1-7H3/t15-/m1/s1. The number of amides is 2. The lowest BCUT2D eigenvalue weighted by Crippen LogP contribution is -2.53. The van der Waals surface area contributed by atoms with Gasteiger partial charge in [-0.15, -0.1) is 0 Å². The van der Waals surface area contributed by atoms with Crippen molar-refractivity contribution in [2.24, 2.45) is 0 Å². The van der Waals surface area contributed by atoms with Crippen LogP contribution in [0.5, 0.6) is 0 Å². The van der Waals surface area contributed by atoms with Crippen LogP contribution in [0.4, 0.5) is 9.59 Å². The van der Waals surface area contributed by atoms with E-state index in [2.05, 4.69) is 0 Å². The first-order chi connectivity index (χ1) is 12.3. The third-order valence-electron chi connectivity index (χ3n) is 3.24. The van der Waals surface area contributed by atoms with Gasteiger partial charge in [0.15, 0.2) is 0 Å². The first-order valence-corrected chi connectivity index (χ1v) is 8.71. The summed E-state index contributed by atoms with van der Waals surface area (Å²) in [4.78, 5) is 38.6. The van der Waals surface area contributed by atoms with Crippen molar-refractivity contribution in [3.05, 3.63) is 35.9 Å². The Morgan fingerprint density at radius 1 is 0.889 bits per heavy atom. The molecule has 0 aliphatic carbocycles. The van der Waals surface area contributed by atoms with Crippen LogP contribution in [0, 0.1) is 0 Å². The fourth-order valence-corrected chi connectivity index (χ4v) is 2.20. The van der Waals surface area contributed by atoms with Gasteiger partial charge in [-0.2, -0.15) is 4.90 Å². The number of carbonyl (C=O) groups is 3. The molecule has 7 heteroatoms. The van der Waals surface area contributed by atoms with Crippen LogP contribution in [0.3, 0.4) is 0 Å². The Labute approximate surface area is 160 Å². The van der Waals surface area contributed by atoms with Crippen LogP contribution in [0.1, 0.15) is 47.1 Å². The predicted molar refractivity (Wildman–Crippen MR) is 100 cm³/mol. The summed E-state index contributed by atoms with van der Waals surface area (Å²) in [5, 5.41) is 0. The van der Waals surface area contributed by atoms with Gasteiger partial charge in [0.2, 0.25) is 0 Å². The Hall–Kier alpha value is -2.57. The highest BCUT2D eigenvalue weighted by Crippen LogP contribution is 2.20. The Bertz CT molecular complexity index is 629. The third-order valence-corrected chi connectivity index (χ3v) is 3.24. The zero-order valence-corrected chi connectivity index (χ0v) is 17.1. The minimum Gasteiger partial charge on any atom is -0.467 e. The van der Waals surface area contributed by atoms with Crippen LogP contribution >= 0.6 is 0 Å². The number of esters is 1. The average Bonchev–Trinajstić information content (AvgIpc) is 2.51. The van der Waals surface area contributed by atoms with Gasteiger partial charge in [-0.1, -0.05) is 30.3 Å². The van der Waals surface area contributed by atoms with E-state index in [0.717, 1.165) is 5.56 Å². The first-order valence-electron chi connectivity index (χ1n) is 8.71. The van der Waals surface area contributed by atoms with E-state index in [-0.39, 0.29) is 6.42 Å². The van der Waals surface area contributed by atoms with Crippen molar-refractivity contribution in [3.63, 3.8) is 0 Å². The summed E-state index contributed by atoms with van der Waals surface area (Å²) in [6.07, 6.45) is -1.86. The predicted octanol–water partition coefficient (Wildman–Crippen LogP) is 3.94. The number of imide groups is 1. The topological polar surface area (TPSA) is 82.1 Å². The van der Waals surface area contributed by atoms with Gasteiger partial charge in [-0.05, 0) is 47.1 Å². The summed E-state index contributed by atoms with van der Waals surface area (Å²) in [6.45, 7) is 10.0. The summed E-state index contributed by atoms with van der Waals surface area (Å²) >= 11 is 0. The van der Waals surface area contributed by atoms with Crippen molar-refractivity contribution < 1.29 is 28.6 Å². The number of ether oxygens (including phenoxy) is 3. The zero-order valence-electron chi connectivity index (χ0n) is 17.1. The van der Waals surface area contributed by atoms with Crippen molar-refractivity contribution in [2.45, 2.75) is 65.2 Å². The maximum Gasteiger partial charge on any atom is 0.420 e. The molecule has 0 unspecified atom stereocenters. The van der Waals surface area contributed by atoms with Crippen LogP contribution < -0.4 is 0 Å². The third kappa shape index (κ3) is 7.68. The van der Waals surface area contributed by atoms with Gasteiger partial charge in [0.25, 0.3) is 0 Å². The largest absolute Gasteiger partial charge is 0.467 e. The van der Waals surface area contributed by atoms with Crippen molar-refractivity contribution in [2.75, 3.05) is 7.11 Å². The molecule has 0 aromatic heterocycles. The van der Waals surface area contributed by atoms with E-state index in [1.165, 1.54) is 7.11 Å². The maximum absolute atomic E-state index is 12.7. The van der Waals surface area contributed by atoms with Crippen LogP contribution in [0.15, 0.2) is 30.3 Å². The lowest BCUT2D eigenvalue weighted by molar-refractivity contribution is -0.146. The molecule has 1 aromatic rings. The fourth-order valence-electron chi connectivity index (χ4n) is 2.20. The van der Waals surface area contributed by atoms with Crippen LogP contribution in [0.2, 0.25) is 0 Å². The van der Waals surface area contributed by atoms with E-state index >= 15 is 0 Å². The molecule has 0 saturated heterocycles. The molecule has 1 aromatic carbocycles. The highest BCUT2D eigenvalue weighted by atomic mass is 16.6. The molecule has 150 valence electrons. The Morgan fingerprint density at radius 3 is 1.70 bits per heavy atom. The molecule has 7 nitrogen and oxygen atoms in total. The van der Waals surface area contributed by atoms with E-state index in [1.54, 1.807) is 65.8 Å². The van der Waals surface area contributed by atoms with Crippen molar-refractivity contribution in [1.82, 2.24) is 4.90 Å². The van der Waals surface area contributed by atoms with E-state index in [1.807, 2.05) is 6.07 Å². The summed E-state index contributed by atoms with van der Waals surface area (Å²) in [6, 6.07) is 7.79. The number of rotatable bonds is 4. The summed E-state index contributed by atoms with van der Waals surface area (Å²) in [7, 11) is 1.20. The Kier molecular flexibility index (Phi) is 7.39. The molecule has 0 saturated carbocycles. The number of carbonyl (C=O) groups excluding carboxylic acids is 3. The van der Waals surface area contributed by atoms with Gasteiger partial charge in [0.05, 0.1) is 7.11 Å². The summed E-state index contributed by atoms with van der Waals surface area (Å²) in [5.41, 5.74) is -0.958. The molecule has 1 rings (SSSR count). The van der Waals surface area contributed by atoms with Crippen molar-refractivity contribution in [1.29, 1.82) is 0 Å². The van der Waals surface area contributed by atoms with Gasteiger partial charge in [0, 0.05) is 6.42 Å². The molecule has 0 aliphatic heterocycles. The highest BCUT2D eigenvalue weighted by Gasteiger charge is 2.40. The molecule has 27 heavy (non-hydrogen) atoms. The van der Waals surface area contributed by atoms with E-state index in [0.29, 0.717) is 4.90 Å². The average molecular weight is 379 g/mol. The van der Waals surface area contributed by atoms with Gasteiger partial charge in [0.1, 0.15) is 17.2 Å². The minimum absolute atomic E-state index is 0.0754. The van der Waals surface area contributed by atoms with E-state index in [4.69, 9.17) is 14.2 Å². The van der Waals surface area contributed by atoms with E-state index < -0.39 is 35.4 Å². The summed E-state index contributed by atoms with van der Waals surface area (Å²) in [5.74, 6) is -0.740. The molecule has 0 bridgehead atoms. The van der Waals surface area contributed by atoms with Gasteiger partial charge in [-0.25, -0.2) is 14.4 Å². The monoisotopic (exact) mass is 379 g/mol. The number of hydrogen-bond donors (Lipinski definition) is 0. The molecule has 2 amide bonds. The SMILES string of the molecule is COC(=O)[C@@H](Cc1ccccc1)N(C(=O)OC(C)(C)C)C(=O)OC(C)(C)C. The summed E-state index contributed by atoms with van der Waals surface area (Å²) < 4.78 is 15.5. The van der Waals surface area contributed by atoms with Crippen molar-refractivity contribution >= 4 is 18.2 Å². The molecule has 1 atom stereocenters. The van der Waals surface area contributed by atoms with E-state index in [9.17, 15) is 14.4 Å². The zero-order chi connectivity index (χ0) is 20.8. The van der Waals surface area contributed by atoms with Crippen molar-refractivity contribution in [3.8, 4) is 0 Å². The lowest BCUT2D eigenvalue weighted by atomic mass is 10.1. The molecule has 0 aliphatic rings. The molecular formula is C20H29NO6. The van der Waals surface area contributed by atoms with Gasteiger partial charge in [-0.3, -0.25) is 0 Å². The molecule has 0 N–H and O–H groups in total. The number of methoxy groups -OCH3 is 1. The first kappa shape index (κ1) is 22.5. The molecule has 0 heterocycles. The fraction of sp³-hybridized carbons (Fsp3) is 0.550. The molecule has 0 spiro atoms. The Morgan fingerprint density at radius 2 is 1.33 bits per heavy atom. The number of hydrogen-bond acceptors (Lipinski definition) is 6.